The Morgan fingerprint density at radius 3 is 2.11 bits per heavy atom. The van der Waals surface area contributed by atoms with Crippen LogP contribution in [0.5, 0.6) is 0 Å². The fraction of sp³-hybridized carbons (Fsp3) is 0.857. The third-order valence-corrected chi connectivity index (χ3v) is 3.13. The van der Waals surface area contributed by atoms with E-state index in [4.69, 9.17) is 5.73 Å². The highest BCUT2D eigenvalue weighted by atomic mass is 16.4. The Hall–Kier alpha value is -1.10. The highest BCUT2D eigenvalue weighted by molar-refractivity contribution is 5.80. The zero-order chi connectivity index (χ0) is 15.2. The molecule has 0 aliphatic heterocycles. The molecule has 0 radical (unpaired) electrons. The fourth-order valence-electron chi connectivity index (χ4n) is 2.02. The minimum Gasteiger partial charge on any atom is -0.481 e. The molecule has 1 amide bonds. The number of carboxylic acids is 1. The predicted molar refractivity (Wildman–Crippen MR) is 75.6 cm³/mol. The average molecular weight is 272 g/mol. The van der Waals surface area contributed by atoms with Crippen LogP contribution in [0.1, 0.15) is 41.0 Å². The Bertz CT molecular complexity index is 308. The summed E-state index contributed by atoms with van der Waals surface area (Å²) in [7, 11) is 0. The van der Waals surface area contributed by atoms with Gasteiger partial charge < -0.3 is 16.2 Å². The van der Waals surface area contributed by atoms with Gasteiger partial charge in [-0.1, -0.05) is 34.6 Å². The Morgan fingerprint density at radius 1 is 1.26 bits per heavy atom. The van der Waals surface area contributed by atoms with E-state index in [0.29, 0.717) is 6.42 Å². The first kappa shape index (κ1) is 17.9. The first-order valence-electron chi connectivity index (χ1n) is 6.79. The van der Waals surface area contributed by atoms with Gasteiger partial charge in [-0.25, -0.2) is 0 Å². The summed E-state index contributed by atoms with van der Waals surface area (Å²) >= 11 is 0. The molecule has 2 atom stereocenters. The number of amides is 1. The van der Waals surface area contributed by atoms with Gasteiger partial charge in [-0.3, -0.25) is 9.59 Å². The maximum Gasteiger partial charge on any atom is 0.308 e. The van der Waals surface area contributed by atoms with Crippen molar-refractivity contribution in [2.45, 2.75) is 41.0 Å². The predicted octanol–water partition coefficient (Wildman–Crippen LogP) is 1.47. The number of carboxylic acid groups (broad SMARTS) is 1. The van der Waals surface area contributed by atoms with Crippen molar-refractivity contribution in [1.29, 1.82) is 0 Å². The molecule has 0 aromatic heterocycles. The second kappa shape index (κ2) is 7.48. The maximum absolute atomic E-state index is 11.9. The lowest BCUT2D eigenvalue weighted by molar-refractivity contribution is -0.142. The quantitative estimate of drug-likeness (QED) is 0.654. The van der Waals surface area contributed by atoms with Crippen molar-refractivity contribution in [2.24, 2.45) is 28.9 Å². The summed E-state index contributed by atoms with van der Waals surface area (Å²) in [6, 6.07) is 0. The number of carbonyl (C=O) groups is 2. The molecular weight excluding hydrogens is 244 g/mol. The number of hydrogen-bond acceptors (Lipinski definition) is 3. The lowest BCUT2D eigenvalue weighted by Gasteiger charge is -2.25. The van der Waals surface area contributed by atoms with Crippen molar-refractivity contribution in [3.63, 3.8) is 0 Å². The first-order valence-corrected chi connectivity index (χ1v) is 6.79. The van der Waals surface area contributed by atoms with Crippen LogP contribution in [0.2, 0.25) is 0 Å². The molecule has 0 aliphatic carbocycles. The van der Waals surface area contributed by atoms with Gasteiger partial charge in [-0.2, -0.15) is 0 Å². The molecule has 19 heavy (non-hydrogen) atoms. The summed E-state index contributed by atoms with van der Waals surface area (Å²) in [5, 5.41) is 11.9. The van der Waals surface area contributed by atoms with Crippen molar-refractivity contribution < 1.29 is 14.7 Å². The highest BCUT2D eigenvalue weighted by Crippen LogP contribution is 2.24. The van der Waals surface area contributed by atoms with Crippen molar-refractivity contribution in [2.75, 3.05) is 13.1 Å². The summed E-state index contributed by atoms with van der Waals surface area (Å²) in [5.41, 5.74) is 5.48. The average Bonchev–Trinajstić information content (AvgIpc) is 2.22. The number of hydrogen-bond donors (Lipinski definition) is 3. The second-order valence-electron chi connectivity index (χ2n) is 6.63. The van der Waals surface area contributed by atoms with E-state index in [2.05, 4.69) is 5.32 Å². The van der Waals surface area contributed by atoms with Crippen molar-refractivity contribution in [3.8, 4) is 0 Å². The Balaban J connectivity index is 4.48. The van der Waals surface area contributed by atoms with Gasteiger partial charge in [0.15, 0.2) is 0 Å². The number of aliphatic carboxylic acids is 1. The highest BCUT2D eigenvalue weighted by Gasteiger charge is 2.27. The van der Waals surface area contributed by atoms with Crippen LogP contribution in [0.15, 0.2) is 0 Å². The minimum atomic E-state index is -0.871. The molecule has 0 aromatic carbocycles. The number of nitrogens with two attached hydrogens (primary N) is 1. The normalized spacial score (nSPS) is 15.1. The Labute approximate surface area is 115 Å². The van der Waals surface area contributed by atoms with Crippen LogP contribution in [-0.4, -0.2) is 30.1 Å². The Morgan fingerprint density at radius 2 is 1.79 bits per heavy atom. The van der Waals surface area contributed by atoms with E-state index < -0.39 is 11.9 Å². The van der Waals surface area contributed by atoms with Crippen LogP contribution >= 0.6 is 0 Å². The Kier molecular flexibility index (Phi) is 7.05. The summed E-state index contributed by atoms with van der Waals surface area (Å²) in [5.74, 6) is -1.70. The van der Waals surface area contributed by atoms with Gasteiger partial charge in [0.05, 0.1) is 11.8 Å². The molecular formula is C14H28N2O3. The smallest absolute Gasteiger partial charge is 0.308 e. The largest absolute Gasteiger partial charge is 0.481 e. The van der Waals surface area contributed by atoms with Crippen molar-refractivity contribution >= 4 is 11.9 Å². The molecule has 0 bridgehead atoms. The molecule has 112 valence electrons. The molecule has 4 N–H and O–H groups in total. The lowest BCUT2D eigenvalue weighted by atomic mass is 9.84. The molecule has 0 aliphatic rings. The van der Waals surface area contributed by atoms with Gasteiger partial charge in [0.2, 0.25) is 5.91 Å². The van der Waals surface area contributed by atoms with Crippen LogP contribution in [0.25, 0.3) is 0 Å². The minimum absolute atomic E-state index is 0.0842. The topological polar surface area (TPSA) is 92.4 Å². The van der Waals surface area contributed by atoms with E-state index in [1.54, 1.807) is 0 Å². The van der Waals surface area contributed by atoms with Crippen molar-refractivity contribution in [3.05, 3.63) is 0 Å². The molecule has 0 fully saturated rings. The third-order valence-electron chi connectivity index (χ3n) is 3.13. The third kappa shape index (κ3) is 7.15. The van der Waals surface area contributed by atoms with E-state index >= 15 is 0 Å². The molecule has 5 heteroatoms. The standard InChI is InChI=1S/C14H28N2O3/c1-9(2)11(7-15)12(17)16-8-10(13(18)19)6-14(3,4)5/h9-11H,6-8,15H2,1-5H3,(H,16,17)(H,18,19). The zero-order valence-corrected chi connectivity index (χ0v) is 12.7. The van der Waals surface area contributed by atoms with Gasteiger partial charge >= 0.3 is 5.97 Å². The van der Waals surface area contributed by atoms with Crippen molar-refractivity contribution in [1.82, 2.24) is 5.32 Å². The summed E-state index contributed by atoms with van der Waals surface area (Å²) in [4.78, 5) is 23.1. The lowest BCUT2D eigenvalue weighted by Crippen LogP contribution is -2.41. The number of carbonyl (C=O) groups excluding carboxylic acids is 1. The monoisotopic (exact) mass is 272 g/mol. The molecule has 0 saturated heterocycles. The van der Waals surface area contributed by atoms with E-state index in [1.807, 2.05) is 34.6 Å². The van der Waals surface area contributed by atoms with Gasteiger partial charge in [0.25, 0.3) is 0 Å². The van der Waals surface area contributed by atoms with Crippen LogP contribution in [0.3, 0.4) is 0 Å². The molecule has 0 spiro atoms. The fourth-order valence-corrected chi connectivity index (χ4v) is 2.02. The van der Waals surface area contributed by atoms with E-state index in [1.165, 1.54) is 0 Å². The molecule has 0 saturated carbocycles. The van der Waals surface area contributed by atoms with Gasteiger partial charge in [0, 0.05) is 13.1 Å². The molecule has 5 nitrogen and oxygen atoms in total. The first-order chi connectivity index (χ1) is 8.58. The summed E-state index contributed by atoms with van der Waals surface area (Å²) < 4.78 is 0. The van der Waals surface area contributed by atoms with Crippen LogP contribution < -0.4 is 11.1 Å². The molecule has 0 aromatic rings. The van der Waals surface area contributed by atoms with E-state index in [9.17, 15) is 14.7 Å². The number of rotatable bonds is 7. The number of nitrogens with one attached hydrogen (secondary N) is 1. The molecule has 0 rings (SSSR count). The van der Waals surface area contributed by atoms with Crippen LogP contribution in [-0.2, 0) is 9.59 Å². The van der Waals surface area contributed by atoms with Gasteiger partial charge in [-0.05, 0) is 17.8 Å². The SMILES string of the molecule is CC(C)C(CN)C(=O)NCC(CC(C)(C)C)C(=O)O. The molecule has 2 unspecified atom stereocenters. The maximum atomic E-state index is 11.9. The van der Waals surface area contributed by atoms with E-state index in [0.717, 1.165) is 0 Å². The summed E-state index contributed by atoms with van der Waals surface area (Å²) in [6.07, 6.45) is 0.525. The van der Waals surface area contributed by atoms with Crippen LogP contribution in [0, 0.1) is 23.2 Å². The van der Waals surface area contributed by atoms with E-state index in [-0.39, 0.29) is 36.2 Å². The summed E-state index contributed by atoms with van der Waals surface area (Å²) in [6.45, 7) is 10.3. The van der Waals surface area contributed by atoms with Gasteiger partial charge in [-0.15, -0.1) is 0 Å². The van der Waals surface area contributed by atoms with Gasteiger partial charge in [0.1, 0.15) is 0 Å². The zero-order valence-electron chi connectivity index (χ0n) is 12.7. The second-order valence-corrected chi connectivity index (χ2v) is 6.63. The van der Waals surface area contributed by atoms with Crippen LogP contribution in [0.4, 0.5) is 0 Å². The molecule has 0 heterocycles.